The zero-order valence-electron chi connectivity index (χ0n) is 9.54. The Morgan fingerprint density at radius 3 is 0.714 bits per heavy atom. The van der Waals surface area contributed by atoms with E-state index in [0.717, 1.165) is 0 Å². The van der Waals surface area contributed by atoms with E-state index in [9.17, 15) is 0 Å². The van der Waals surface area contributed by atoms with E-state index in [-0.39, 0.29) is 41.2 Å². The van der Waals surface area contributed by atoms with Crippen molar-refractivity contribution in [1.29, 1.82) is 0 Å². The summed E-state index contributed by atoms with van der Waals surface area (Å²) >= 11 is 0. The topological polar surface area (TPSA) is 0 Å². The van der Waals surface area contributed by atoms with Gasteiger partial charge in [-0.1, -0.05) is 44.9 Å². The summed E-state index contributed by atoms with van der Waals surface area (Å²) in [5.41, 5.74) is 2.65. The van der Waals surface area contributed by atoms with E-state index >= 15 is 0 Å². The van der Waals surface area contributed by atoms with Gasteiger partial charge in [-0.05, 0) is 0 Å². The van der Waals surface area contributed by atoms with E-state index in [2.05, 4.69) is 44.9 Å². The molecule has 0 aliphatic carbocycles. The maximum absolute atomic E-state index is 2.65. The van der Waals surface area contributed by atoms with E-state index < -0.39 is 16.1 Å². The molecule has 0 spiro atoms. The van der Waals surface area contributed by atoms with E-state index in [1.807, 2.05) is 0 Å². The summed E-state index contributed by atoms with van der Waals surface area (Å²) in [5.74, 6) is 0. The zero-order valence-corrected chi connectivity index (χ0v) is 14.7. The molecule has 7 heteroatoms. The summed E-state index contributed by atoms with van der Waals surface area (Å²) in [5, 5.41) is 0. The Kier molecular flexibility index (Phi) is 31.1. The van der Waals surface area contributed by atoms with E-state index in [1.54, 1.807) is 0 Å². The monoisotopic (exact) mass is 416 g/mol. The van der Waals surface area contributed by atoms with Crippen LogP contribution >= 0.6 is 0 Å². The third-order valence-electron chi connectivity index (χ3n) is 0.866. The predicted octanol–water partition coefficient (Wildman–Crippen LogP) is -9.04. The van der Waals surface area contributed by atoms with Crippen molar-refractivity contribution in [1.82, 2.24) is 0 Å². The summed E-state index contributed by atoms with van der Waals surface area (Å²) < 4.78 is 0. The minimum Gasteiger partial charge on any atom is -1.00 e. The SMILES string of the molecule is C[Si](C)(C)[CH][Si](C)(C)C.[F-].[F-].[F-].[F-].[Ta]. The molecule has 92 valence electrons. The van der Waals surface area contributed by atoms with E-state index in [0.29, 0.717) is 0 Å². The second-order valence-electron chi connectivity index (χ2n) is 4.88. The molecule has 0 heterocycles. The largest absolute Gasteiger partial charge is 1.00 e. The van der Waals surface area contributed by atoms with Crippen molar-refractivity contribution in [3.63, 3.8) is 0 Å². The van der Waals surface area contributed by atoms with Crippen LogP contribution in [-0.2, 0) is 22.4 Å². The van der Waals surface area contributed by atoms with Gasteiger partial charge in [0.25, 0.3) is 0 Å². The molecule has 2 radical (unpaired) electrons. The van der Waals surface area contributed by atoms with Gasteiger partial charge in [-0.2, -0.15) is 0 Å². The molecule has 0 saturated heterocycles. The molecule has 0 rings (SSSR count). The summed E-state index contributed by atoms with van der Waals surface area (Å²) in [6, 6.07) is 0. The van der Waals surface area contributed by atoms with Crippen LogP contribution in [-0.4, -0.2) is 16.1 Å². The molecule has 0 aromatic rings. The Morgan fingerprint density at radius 2 is 0.714 bits per heavy atom. The quantitative estimate of drug-likeness (QED) is 0.310. The fraction of sp³-hybridized carbons (Fsp3) is 0.857. The van der Waals surface area contributed by atoms with Gasteiger partial charge in [-0.25, -0.2) is 0 Å². The Balaban J connectivity index is -0.0000000320. The number of halogens is 4. The Morgan fingerprint density at radius 1 is 0.571 bits per heavy atom. The number of hydrogen-bond donors (Lipinski definition) is 0. The van der Waals surface area contributed by atoms with E-state index in [4.69, 9.17) is 0 Å². The third-order valence-corrected chi connectivity index (χ3v) is 7.79. The Hall–Kier alpha value is 0.894. The summed E-state index contributed by atoms with van der Waals surface area (Å²) in [6.45, 7) is 14.4. The van der Waals surface area contributed by atoms with Crippen LogP contribution in [0.4, 0.5) is 0 Å². The molecule has 0 aromatic carbocycles. The average molecular weight is 416 g/mol. The van der Waals surface area contributed by atoms with Crippen molar-refractivity contribution in [2.45, 2.75) is 39.3 Å². The first-order valence-corrected chi connectivity index (χ1v) is 10.7. The van der Waals surface area contributed by atoms with Crippen molar-refractivity contribution in [2.75, 3.05) is 0 Å². The van der Waals surface area contributed by atoms with Gasteiger partial charge in [-0.15, -0.1) is 0 Å². The predicted molar refractivity (Wildman–Crippen MR) is 51.0 cm³/mol. The zero-order chi connectivity index (χ0) is 7.71. The molecule has 0 aliphatic heterocycles. The van der Waals surface area contributed by atoms with Crippen molar-refractivity contribution < 1.29 is 41.2 Å². The van der Waals surface area contributed by atoms with Crippen LogP contribution in [0.5, 0.6) is 0 Å². The van der Waals surface area contributed by atoms with Crippen LogP contribution in [0.25, 0.3) is 0 Å². The van der Waals surface area contributed by atoms with E-state index in [1.165, 1.54) is 0 Å². The van der Waals surface area contributed by atoms with Gasteiger partial charge in [0.05, 0.1) is 0 Å². The van der Waals surface area contributed by atoms with Crippen molar-refractivity contribution >= 4 is 16.1 Å². The van der Waals surface area contributed by atoms with Crippen LogP contribution < -0.4 is 18.8 Å². The van der Waals surface area contributed by atoms with Crippen LogP contribution in [0.2, 0.25) is 39.3 Å². The van der Waals surface area contributed by atoms with Gasteiger partial charge >= 0.3 is 0 Å². The van der Waals surface area contributed by atoms with Crippen molar-refractivity contribution in [3.8, 4) is 0 Å². The van der Waals surface area contributed by atoms with Gasteiger partial charge in [0.1, 0.15) is 0 Å². The first kappa shape index (κ1) is 36.3. The minimum atomic E-state index is -0.856. The molecule has 0 fully saturated rings. The Bertz CT molecular complexity index is 88.8. The summed E-state index contributed by atoms with van der Waals surface area (Å²) in [4.78, 5) is 0. The number of rotatable bonds is 2. The summed E-state index contributed by atoms with van der Waals surface area (Å²) in [7, 11) is -1.71. The van der Waals surface area contributed by atoms with Gasteiger partial charge in [0.15, 0.2) is 0 Å². The molecule has 0 aromatic heterocycles. The van der Waals surface area contributed by atoms with Crippen molar-refractivity contribution in [3.05, 3.63) is 5.67 Å². The molecular formula is C7H19F4Si2Ta-4. The maximum atomic E-state index is 2.65. The molecule has 14 heavy (non-hydrogen) atoms. The number of hydrogen-bond acceptors (Lipinski definition) is 0. The molecular weight excluding hydrogens is 397 g/mol. The van der Waals surface area contributed by atoms with Crippen LogP contribution in [0.3, 0.4) is 0 Å². The second-order valence-corrected chi connectivity index (χ2v) is 15.5. The van der Waals surface area contributed by atoms with Gasteiger partial charge < -0.3 is 18.8 Å². The molecule has 0 amide bonds. The second kappa shape index (κ2) is 12.0. The standard InChI is InChI=1S/C7H19Si2.4FH.Ta/c1-8(2,3)7-9(4,5)6;;;;;/h7H,1-6H3;4*1H;/p-4. The van der Waals surface area contributed by atoms with Crippen LogP contribution in [0.15, 0.2) is 0 Å². The first-order chi connectivity index (χ1) is 3.71. The molecule has 0 atom stereocenters. The molecule has 0 aliphatic rings. The fourth-order valence-electron chi connectivity index (χ4n) is 1.30. The first-order valence-electron chi connectivity index (χ1n) is 3.58. The van der Waals surface area contributed by atoms with Gasteiger partial charge in [0, 0.05) is 38.5 Å². The maximum Gasteiger partial charge on any atom is 0.0444 e. The fourth-order valence-corrected chi connectivity index (χ4v) is 11.7. The molecule has 0 saturated carbocycles. The molecule has 0 unspecified atom stereocenters. The van der Waals surface area contributed by atoms with Crippen molar-refractivity contribution in [2.24, 2.45) is 0 Å². The molecule has 0 bridgehead atoms. The van der Waals surface area contributed by atoms with Gasteiger partial charge in [-0.3, -0.25) is 0 Å². The smallest absolute Gasteiger partial charge is 0.0444 e. The van der Waals surface area contributed by atoms with Crippen LogP contribution in [0.1, 0.15) is 0 Å². The third kappa shape index (κ3) is 38.4. The summed E-state index contributed by atoms with van der Waals surface area (Å²) in [6.07, 6.45) is 0. The minimum absolute atomic E-state index is 0. The Labute approximate surface area is 102 Å². The normalized spacial score (nSPS) is 9.00. The van der Waals surface area contributed by atoms with Gasteiger partial charge in [0.2, 0.25) is 0 Å². The average Bonchev–Trinajstić information content (AvgIpc) is 1.14. The van der Waals surface area contributed by atoms with Crippen LogP contribution in [0, 0.1) is 5.67 Å². The molecule has 0 N–H and O–H groups in total. The molecule has 0 nitrogen and oxygen atoms in total.